The average molecular weight is 256 g/mol. The summed E-state index contributed by atoms with van der Waals surface area (Å²) in [7, 11) is 0. The number of hydrogen-bond acceptors (Lipinski definition) is 3. The Morgan fingerprint density at radius 3 is 2.44 bits per heavy atom. The Bertz CT molecular complexity index is 259. The Labute approximate surface area is 111 Å². The molecule has 1 amide bonds. The number of rotatable bonds is 6. The minimum Gasteiger partial charge on any atom is -0.396 e. The van der Waals surface area contributed by atoms with Gasteiger partial charge in [0.2, 0.25) is 5.91 Å². The fourth-order valence-electron chi connectivity index (χ4n) is 2.48. The van der Waals surface area contributed by atoms with Gasteiger partial charge in [0.05, 0.1) is 0 Å². The predicted molar refractivity (Wildman–Crippen MR) is 73.1 cm³/mol. The van der Waals surface area contributed by atoms with E-state index < -0.39 is 0 Å². The van der Waals surface area contributed by atoms with Gasteiger partial charge in [0, 0.05) is 26.1 Å². The highest BCUT2D eigenvalue weighted by Crippen LogP contribution is 2.27. The van der Waals surface area contributed by atoms with Crippen LogP contribution in [0.15, 0.2) is 0 Å². The molecule has 0 radical (unpaired) electrons. The molecule has 18 heavy (non-hydrogen) atoms. The maximum absolute atomic E-state index is 12.1. The second-order valence-corrected chi connectivity index (χ2v) is 6.21. The smallest absolute Gasteiger partial charge is 0.222 e. The number of carbonyl (C=O) groups excluding carboxylic acids is 1. The van der Waals surface area contributed by atoms with E-state index >= 15 is 0 Å². The van der Waals surface area contributed by atoms with E-state index in [1.54, 1.807) is 0 Å². The number of amides is 1. The third-order valence-electron chi connectivity index (χ3n) is 4.06. The van der Waals surface area contributed by atoms with Crippen molar-refractivity contribution in [3.05, 3.63) is 0 Å². The summed E-state index contributed by atoms with van der Waals surface area (Å²) in [5.41, 5.74) is 5.74. The van der Waals surface area contributed by atoms with Crippen molar-refractivity contribution < 1.29 is 9.90 Å². The van der Waals surface area contributed by atoms with Gasteiger partial charge in [-0.25, -0.2) is 0 Å². The van der Waals surface area contributed by atoms with Crippen molar-refractivity contribution >= 4 is 5.91 Å². The zero-order valence-corrected chi connectivity index (χ0v) is 11.8. The first-order valence-electron chi connectivity index (χ1n) is 7.07. The standard InChI is InChI=1S/C14H28N2O2/c1-14(2,7-8-15)6-3-13(18)16-9-4-12(11-17)5-10-16/h12,17H,3-11,15H2,1-2H3. The molecule has 1 rings (SSSR count). The molecule has 1 aliphatic rings. The van der Waals surface area contributed by atoms with E-state index in [0.29, 0.717) is 18.9 Å². The first-order chi connectivity index (χ1) is 8.48. The van der Waals surface area contributed by atoms with Crippen molar-refractivity contribution in [3.8, 4) is 0 Å². The third-order valence-corrected chi connectivity index (χ3v) is 4.06. The van der Waals surface area contributed by atoms with Crippen LogP contribution in [-0.2, 0) is 4.79 Å². The van der Waals surface area contributed by atoms with Gasteiger partial charge >= 0.3 is 0 Å². The van der Waals surface area contributed by atoms with Gasteiger partial charge in [-0.2, -0.15) is 0 Å². The van der Waals surface area contributed by atoms with E-state index in [1.165, 1.54) is 0 Å². The summed E-state index contributed by atoms with van der Waals surface area (Å²) < 4.78 is 0. The number of aliphatic hydroxyl groups excluding tert-OH is 1. The first kappa shape index (κ1) is 15.4. The van der Waals surface area contributed by atoms with Gasteiger partial charge in [0.25, 0.3) is 0 Å². The van der Waals surface area contributed by atoms with E-state index in [4.69, 9.17) is 10.8 Å². The molecule has 3 N–H and O–H groups in total. The zero-order chi connectivity index (χ0) is 13.6. The molecule has 4 nitrogen and oxygen atoms in total. The monoisotopic (exact) mass is 256 g/mol. The second-order valence-electron chi connectivity index (χ2n) is 6.21. The largest absolute Gasteiger partial charge is 0.396 e. The van der Waals surface area contributed by atoms with Gasteiger partial charge in [0.1, 0.15) is 0 Å². The lowest BCUT2D eigenvalue weighted by molar-refractivity contribution is -0.133. The van der Waals surface area contributed by atoms with Crippen LogP contribution >= 0.6 is 0 Å². The molecule has 0 aliphatic carbocycles. The molecule has 0 aromatic carbocycles. The molecule has 1 aliphatic heterocycles. The van der Waals surface area contributed by atoms with Gasteiger partial charge < -0.3 is 15.7 Å². The Kier molecular flexibility index (Phi) is 6.09. The fourth-order valence-corrected chi connectivity index (χ4v) is 2.48. The number of nitrogens with zero attached hydrogens (tertiary/aromatic N) is 1. The minimum absolute atomic E-state index is 0.161. The van der Waals surface area contributed by atoms with E-state index in [1.807, 2.05) is 4.90 Å². The maximum atomic E-state index is 12.1. The average Bonchev–Trinajstić information content (AvgIpc) is 2.36. The van der Waals surface area contributed by atoms with E-state index in [9.17, 15) is 4.79 Å². The van der Waals surface area contributed by atoms with Crippen LogP contribution in [-0.4, -0.2) is 42.2 Å². The van der Waals surface area contributed by atoms with Crippen molar-refractivity contribution in [2.75, 3.05) is 26.2 Å². The minimum atomic E-state index is 0.161. The van der Waals surface area contributed by atoms with Gasteiger partial charge in [-0.15, -0.1) is 0 Å². The van der Waals surface area contributed by atoms with Gasteiger partial charge in [-0.05, 0) is 43.6 Å². The lowest BCUT2D eigenvalue weighted by atomic mass is 9.84. The topological polar surface area (TPSA) is 66.6 Å². The van der Waals surface area contributed by atoms with Gasteiger partial charge in [-0.1, -0.05) is 13.8 Å². The maximum Gasteiger partial charge on any atom is 0.222 e. The van der Waals surface area contributed by atoms with Crippen molar-refractivity contribution in [1.82, 2.24) is 4.90 Å². The molecule has 0 atom stereocenters. The van der Waals surface area contributed by atoms with Crippen LogP contribution in [0, 0.1) is 11.3 Å². The summed E-state index contributed by atoms with van der Waals surface area (Å²) in [5.74, 6) is 0.652. The van der Waals surface area contributed by atoms with Crippen LogP contribution in [0.2, 0.25) is 0 Å². The molecular weight excluding hydrogens is 228 g/mol. The second kappa shape index (κ2) is 7.10. The molecule has 0 aromatic rings. The van der Waals surface area contributed by atoms with Crippen molar-refractivity contribution in [1.29, 1.82) is 0 Å². The summed E-state index contributed by atoms with van der Waals surface area (Å²) in [6.07, 6.45) is 4.37. The lowest BCUT2D eigenvalue weighted by Crippen LogP contribution is -2.39. The molecule has 0 unspecified atom stereocenters. The van der Waals surface area contributed by atoms with E-state index in [0.717, 1.165) is 38.8 Å². The van der Waals surface area contributed by atoms with Crippen molar-refractivity contribution in [2.24, 2.45) is 17.1 Å². The Balaban J connectivity index is 2.29. The van der Waals surface area contributed by atoms with Gasteiger partial charge in [-0.3, -0.25) is 4.79 Å². The molecule has 4 heteroatoms. The van der Waals surface area contributed by atoms with Crippen LogP contribution in [0.25, 0.3) is 0 Å². The Morgan fingerprint density at radius 2 is 1.94 bits per heavy atom. The van der Waals surface area contributed by atoms with Crippen molar-refractivity contribution in [3.63, 3.8) is 0 Å². The highest BCUT2D eigenvalue weighted by molar-refractivity contribution is 5.76. The molecule has 0 saturated carbocycles. The van der Waals surface area contributed by atoms with Crippen LogP contribution < -0.4 is 5.73 Å². The SMILES string of the molecule is CC(C)(CCN)CCC(=O)N1CCC(CO)CC1. The number of hydrogen-bond donors (Lipinski definition) is 2. The number of carbonyl (C=O) groups is 1. The number of piperidine rings is 1. The molecular formula is C14H28N2O2. The highest BCUT2D eigenvalue weighted by Gasteiger charge is 2.24. The van der Waals surface area contributed by atoms with Crippen LogP contribution in [0.3, 0.4) is 0 Å². The quantitative estimate of drug-likeness (QED) is 0.754. The van der Waals surface area contributed by atoms with Crippen LogP contribution in [0.5, 0.6) is 0 Å². The molecule has 0 aromatic heterocycles. The van der Waals surface area contributed by atoms with Crippen LogP contribution in [0.1, 0.15) is 46.0 Å². The fraction of sp³-hybridized carbons (Fsp3) is 0.929. The van der Waals surface area contributed by atoms with Crippen molar-refractivity contribution in [2.45, 2.75) is 46.0 Å². The predicted octanol–water partition coefficient (Wildman–Crippen LogP) is 1.37. The number of aliphatic hydroxyl groups is 1. The highest BCUT2D eigenvalue weighted by atomic mass is 16.3. The summed E-state index contributed by atoms with van der Waals surface area (Å²) in [4.78, 5) is 14.0. The molecule has 1 saturated heterocycles. The van der Waals surface area contributed by atoms with Gasteiger partial charge in [0.15, 0.2) is 0 Å². The summed E-state index contributed by atoms with van der Waals surface area (Å²) in [5, 5.41) is 9.07. The Morgan fingerprint density at radius 1 is 1.33 bits per heavy atom. The normalized spacial score (nSPS) is 18.1. The summed E-state index contributed by atoms with van der Waals surface area (Å²) in [6, 6.07) is 0. The molecule has 1 heterocycles. The number of nitrogens with two attached hydrogens (primary N) is 1. The van der Waals surface area contributed by atoms with E-state index in [2.05, 4.69) is 13.8 Å². The lowest BCUT2D eigenvalue weighted by Gasteiger charge is -2.32. The summed E-state index contributed by atoms with van der Waals surface area (Å²) in [6.45, 7) is 6.90. The molecule has 1 fully saturated rings. The zero-order valence-electron chi connectivity index (χ0n) is 11.8. The molecule has 106 valence electrons. The molecule has 0 spiro atoms. The Hall–Kier alpha value is -0.610. The molecule has 0 bridgehead atoms. The third kappa shape index (κ3) is 4.94. The van der Waals surface area contributed by atoms with Crippen LogP contribution in [0.4, 0.5) is 0 Å². The first-order valence-corrected chi connectivity index (χ1v) is 7.07. The summed E-state index contributed by atoms with van der Waals surface area (Å²) >= 11 is 0. The van der Waals surface area contributed by atoms with E-state index in [-0.39, 0.29) is 17.9 Å². The number of likely N-dealkylation sites (tertiary alicyclic amines) is 1.